The molecule has 0 saturated heterocycles. The van der Waals surface area contributed by atoms with Gasteiger partial charge in [-0.2, -0.15) is 0 Å². The minimum Gasteiger partial charge on any atom is -0.462 e. The van der Waals surface area contributed by atoms with Crippen LogP contribution in [-0.4, -0.2) is 18.5 Å². The third-order valence-electron chi connectivity index (χ3n) is 4.24. The van der Waals surface area contributed by atoms with Crippen molar-refractivity contribution in [1.82, 2.24) is 0 Å². The minimum atomic E-state index is -0.525. The van der Waals surface area contributed by atoms with E-state index in [-0.39, 0.29) is 17.7 Å². The maximum atomic E-state index is 12.4. The summed E-state index contributed by atoms with van der Waals surface area (Å²) in [6.07, 6.45) is 4.19. The zero-order valence-corrected chi connectivity index (χ0v) is 16.1. The van der Waals surface area contributed by atoms with Gasteiger partial charge in [0.1, 0.15) is 6.61 Å². The lowest BCUT2D eigenvalue weighted by molar-refractivity contribution is 0.0436. The van der Waals surface area contributed by atoms with Gasteiger partial charge in [-0.3, -0.25) is 0 Å². The van der Waals surface area contributed by atoms with Crippen molar-refractivity contribution in [3.63, 3.8) is 0 Å². The molecule has 0 radical (unpaired) electrons. The monoisotopic (exact) mass is 368 g/mol. The van der Waals surface area contributed by atoms with Gasteiger partial charge in [-0.15, -0.1) is 0 Å². The van der Waals surface area contributed by atoms with E-state index < -0.39 is 11.9 Å². The maximum Gasteiger partial charge on any atom is 0.339 e. The summed E-state index contributed by atoms with van der Waals surface area (Å²) in [6, 6.07) is 16.0. The summed E-state index contributed by atoms with van der Waals surface area (Å²) in [5, 5.41) is 0. The molecular formula is C23H28O4. The van der Waals surface area contributed by atoms with E-state index in [9.17, 15) is 9.59 Å². The molecule has 0 saturated carbocycles. The summed E-state index contributed by atoms with van der Waals surface area (Å²) in [5.74, 6) is -0.309. The number of hydrogen-bond donors (Lipinski definition) is 0. The van der Waals surface area contributed by atoms with E-state index in [0.717, 1.165) is 24.8 Å². The van der Waals surface area contributed by atoms with Crippen LogP contribution in [0.3, 0.4) is 0 Å². The summed E-state index contributed by atoms with van der Waals surface area (Å²) in [6.45, 7) is 4.94. The first-order chi connectivity index (χ1) is 13.1. The Hall–Kier alpha value is -2.62. The van der Waals surface area contributed by atoms with Gasteiger partial charge < -0.3 is 9.47 Å². The first kappa shape index (κ1) is 20.7. The number of hydrogen-bond acceptors (Lipinski definition) is 4. The summed E-state index contributed by atoms with van der Waals surface area (Å²) in [5.41, 5.74) is 1.38. The van der Waals surface area contributed by atoms with Crippen LogP contribution >= 0.6 is 0 Å². The van der Waals surface area contributed by atoms with Gasteiger partial charge in [0.25, 0.3) is 0 Å². The second-order valence-corrected chi connectivity index (χ2v) is 6.99. The highest BCUT2D eigenvalue weighted by molar-refractivity contribution is 6.03. The number of carbonyl (C=O) groups is 2. The molecule has 0 bridgehead atoms. The third-order valence-corrected chi connectivity index (χ3v) is 4.24. The van der Waals surface area contributed by atoms with Gasteiger partial charge >= 0.3 is 11.9 Å². The fourth-order valence-electron chi connectivity index (χ4n) is 2.71. The van der Waals surface area contributed by atoms with Crippen LogP contribution in [0.2, 0.25) is 0 Å². The van der Waals surface area contributed by atoms with Gasteiger partial charge in [-0.1, -0.05) is 75.6 Å². The van der Waals surface area contributed by atoms with Crippen LogP contribution in [0.25, 0.3) is 0 Å². The van der Waals surface area contributed by atoms with Crippen LogP contribution < -0.4 is 0 Å². The maximum absolute atomic E-state index is 12.4. The first-order valence-corrected chi connectivity index (χ1v) is 9.55. The number of ether oxygens (including phenoxy) is 2. The quantitative estimate of drug-likeness (QED) is 0.415. The normalized spacial score (nSPS) is 10.6. The molecule has 0 N–H and O–H groups in total. The predicted octanol–water partition coefficient (Wildman–Crippen LogP) is 5.42. The Bertz CT molecular complexity index is 722. The Balaban J connectivity index is 1.86. The van der Waals surface area contributed by atoms with E-state index >= 15 is 0 Å². The predicted molar refractivity (Wildman–Crippen MR) is 106 cm³/mol. The van der Waals surface area contributed by atoms with E-state index in [1.165, 1.54) is 6.42 Å². The van der Waals surface area contributed by atoms with Gasteiger partial charge in [0.15, 0.2) is 0 Å². The Morgan fingerprint density at radius 1 is 0.778 bits per heavy atom. The number of carbonyl (C=O) groups excluding carboxylic acids is 2. The van der Waals surface area contributed by atoms with Crippen LogP contribution in [-0.2, 0) is 16.1 Å². The molecule has 0 unspecified atom stereocenters. The third kappa shape index (κ3) is 7.26. The van der Waals surface area contributed by atoms with Crippen molar-refractivity contribution in [2.75, 3.05) is 6.61 Å². The molecule has 0 aliphatic carbocycles. The lowest BCUT2D eigenvalue weighted by Gasteiger charge is -2.10. The molecule has 144 valence electrons. The number of unbranched alkanes of at least 4 members (excludes halogenated alkanes) is 2. The second-order valence-electron chi connectivity index (χ2n) is 6.99. The van der Waals surface area contributed by atoms with Crippen molar-refractivity contribution in [3.8, 4) is 0 Å². The summed E-state index contributed by atoms with van der Waals surface area (Å²) in [7, 11) is 0. The number of benzene rings is 2. The molecule has 4 heteroatoms. The molecule has 2 aromatic carbocycles. The highest BCUT2D eigenvalue weighted by Gasteiger charge is 2.19. The average Bonchev–Trinajstić information content (AvgIpc) is 2.69. The Morgan fingerprint density at radius 3 is 2.00 bits per heavy atom. The molecule has 0 atom stereocenters. The van der Waals surface area contributed by atoms with Crippen LogP contribution in [0, 0.1) is 5.92 Å². The van der Waals surface area contributed by atoms with Crippen molar-refractivity contribution in [2.45, 2.75) is 46.1 Å². The average molecular weight is 368 g/mol. The molecule has 0 heterocycles. The largest absolute Gasteiger partial charge is 0.462 e. The van der Waals surface area contributed by atoms with Crippen molar-refractivity contribution < 1.29 is 19.1 Å². The number of rotatable bonds is 10. The molecule has 0 aliphatic rings. The standard InChI is InChI=1S/C23H28O4/c1-18(2)11-5-4-10-16-26-22(24)20-14-8-9-15-21(20)23(25)27-17-19-12-6-3-7-13-19/h3,6-9,12-15,18H,4-5,10-11,16-17H2,1-2H3. The van der Waals surface area contributed by atoms with Gasteiger partial charge in [0.05, 0.1) is 17.7 Å². The Morgan fingerprint density at radius 2 is 1.37 bits per heavy atom. The summed E-state index contributed by atoms with van der Waals surface area (Å²) < 4.78 is 10.7. The zero-order chi connectivity index (χ0) is 19.5. The lowest BCUT2D eigenvalue weighted by Crippen LogP contribution is -2.14. The molecule has 0 spiro atoms. The van der Waals surface area contributed by atoms with E-state index in [1.54, 1.807) is 24.3 Å². The van der Waals surface area contributed by atoms with E-state index in [0.29, 0.717) is 12.5 Å². The van der Waals surface area contributed by atoms with E-state index in [4.69, 9.17) is 9.47 Å². The fourth-order valence-corrected chi connectivity index (χ4v) is 2.71. The fraction of sp³-hybridized carbons (Fsp3) is 0.391. The van der Waals surface area contributed by atoms with Crippen molar-refractivity contribution >= 4 is 11.9 Å². The molecule has 0 aliphatic heterocycles. The molecule has 2 aromatic rings. The van der Waals surface area contributed by atoms with Gasteiger partial charge in [0.2, 0.25) is 0 Å². The minimum absolute atomic E-state index is 0.166. The summed E-state index contributed by atoms with van der Waals surface area (Å²) >= 11 is 0. The molecule has 0 amide bonds. The molecule has 4 nitrogen and oxygen atoms in total. The first-order valence-electron chi connectivity index (χ1n) is 9.55. The van der Waals surface area contributed by atoms with Crippen molar-refractivity contribution in [2.24, 2.45) is 5.92 Å². The van der Waals surface area contributed by atoms with Gasteiger partial charge in [-0.05, 0) is 30.0 Å². The molecule has 2 rings (SSSR count). The second kappa shape index (κ2) is 11.2. The molecule has 27 heavy (non-hydrogen) atoms. The Kier molecular flexibility index (Phi) is 8.56. The molecule has 0 fully saturated rings. The van der Waals surface area contributed by atoms with Crippen molar-refractivity contribution in [1.29, 1.82) is 0 Å². The molecule has 0 aromatic heterocycles. The van der Waals surface area contributed by atoms with Crippen LogP contribution in [0.1, 0.15) is 65.8 Å². The Labute approximate surface area is 161 Å². The van der Waals surface area contributed by atoms with Crippen LogP contribution in [0.4, 0.5) is 0 Å². The topological polar surface area (TPSA) is 52.6 Å². The molecular weight excluding hydrogens is 340 g/mol. The number of esters is 2. The van der Waals surface area contributed by atoms with Crippen molar-refractivity contribution in [3.05, 3.63) is 71.3 Å². The zero-order valence-electron chi connectivity index (χ0n) is 16.1. The van der Waals surface area contributed by atoms with E-state index in [2.05, 4.69) is 13.8 Å². The van der Waals surface area contributed by atoms with Gasteiger partial charge in [-0.25, -0.2) is 9.59 Å². The smallest absolute Gasteiger partial charge is 0.339 e. The lowest BCUT2D eigenvalue weighted by atomic mass is 10.1. The van der Waals surface area contributed by atoms with Crippen LogP contribution in [0.15, 0.2) is 54.6 Å². The highest BCUT2D eigenvalue weighted by atomic mass is 16.5. The highest BCUT2D eigenvalue weighted by Crippen LogP contribution is 2.14. The van der Waals surface area contributed by atoms with Crippen LogP contribution in [0.5, 0.6) is 0 Å². The summed E-state index contributed by atoms with van der Waals surface area (Å²) in [4.78, 5) is 24.7. The SMILES string of the molecule is CC(C)CCCCCOC(=O)c1ccccc1C(=O)OCc1ccccc1. The van der Waals surface area contributed by atoms with Gasteiger partial charge in [0, 0.05) is 0 Å². The van der Waals surface area contributed by atoms with E-state index in [1.807, 2.05) is 30.3 Å².